The van der Waals surface area contributed by atoms with Crippen molar-refractivity contribution >= 4 is 35.2 Å². The van der Waals surface area contributed by atoms with E-state index in [1.54, 1.807) is 40.4 Å². The summed E-state index contributed by atoms with van der Waals surface area (Å²) in [6.07, 6.45) is 7.66. The third-order valence-electron chi connectivity index (χ3n) is 15.6. The molecule has 0 saturated carbocycles. The number of likely N-dealkylation sites (tertiary alicyclic amines) is 2. The quantitative estimate of drug-likeness (QED) is 0.0917. The van der Waals surface area contributed by atoms with Gasteiger partial charge in [-0.1, -0.05) is 36.4 Å². The maximum absolute atomic E-state index is 15.0. The van der Waals surface area contributed by atoms with Crippen molar-refractivity contribution < 1.29 is 33.1 Å². The molecule has 9 rings (SSSR count). The van der Waals surface area contributed by atoms with Crippen LogP contribution in [0.25, 0.3) is 0 Å². The molecule has 4 N–H and O–H groups in total. The molecule has 0 spiro atoms. The summed E-state index contributed by atoms with van der Waals surface area (Å²) in [6, 6.07) is 18.6. The molecule has 0 radical (unpaired) electrons. The molecule has 4 aromatic rings. The average Bonchev–Trinajstić information content (AvgIpc) is 3.85. The standard InChI is InChI=1S/C56H71FN12O6/c57-49-11-10-41(30-50(58)46-8-1-2-9-47(46)54(59)72)29-48(49)56(74)68-24-22-67(23-25-68)52(70)37-65-20-18-64(19-21-65)33-40-12-16-63(17-13-40)26-28-75-27-14-61-55(73)43-6-3-5-42(31-43)44-7-4-15-69(35-44)53(71)38-66-34-45-32-60-39-62-51(45)36-66/h1-3,5-6,8-11,29,31-32,39-40,44,58H,4,7,12-28,30,33-38H2,(H2,59,72)(H,61,73)/t44-/m0/s1. The van der Waals surface area contributed by atoms with Crippen LogP contribution in [0.4, 0.5) is 4.39 Å². The lowest BCUT2D eigenvalue weighted by molar-refractivity contribution is -0.134. The Balaban J connectivity index is 0.608. The number of piperidine rings is 2. The molecule has 5 aliphatic heterocycles. The van der Waals surface area contributed by atoms with Gasteiger partial charge in [-0.2, -0.15) is 0 Å². The third kappa shape index (κ3) is 14.1. The zero-order chi connectivity index (χ0) is 52.3. The summed E-state index contributed by atoms with van der Waals surface area (Å²) in [5.74, 6) is -0.876. The van der Waals surface area contributed by atoms with E-state index in [0.717, 1.165) is 101 Å². The lowest BCUT2D eigenvalue weighted by Gasteiger charge is -2.40. The van der Waals surface area contributed by atoms with E-state index in [1.165, 1.54) is 18.2 Å². The van der Waals surface area contributed by atoms with Crippen molar-refractivity contribution in [3.63, 3.8) is 0 Å². The van der Waals surface area contributed by atoms with Crippen LogP contribution in [0.3, 0.4) is 0 Å². The molecule has 5 aliphatic rings. The molecule has 398 valence electrons. The Hall–Kier alpha value is -6.51. The first-order valence-corrected chi connectivity index (χ1v) is 26.7. The van der Waals surface area contributed by atoms with Crippen molar-refractivity contribution in [1.29, 1.82) is 5.41 Å². The van der Waals surface area contributed by atoms with Crippen LogP contribution < -0.4 is 11.1 Å². The summed E-state index contributed by atoms with van der Waals surface area (Å²) >= 11 is 0. The van der Waals surface area contributed by atoms with Gasteiger partial charge >= 0.3 is 0 Å². The number of carbonyl (C=O) groups excluding carboxylic acids is 5. The molecule has 4 saturated heterocycles. The minimum absolute atomic E-state index is 0.0387. The second-order valence-electron chi connectivity index (χ2n) is 20.7. The number of carbonyl (C=O) groups is 5. The largest absolute Gasteiger partial charge is 0.378 e. The molecule has 3 aromatic carbocycles. The van der Waals surface area contributed by atoms with E-state index >= 15 is 4.39 Å². The SMILES string of the molecule is N=C(Cc1ccc(F)c(C(=O)N2CCN(C(=O)CN3CCN(CC4CCN(CCOCCNC(=O)c5cccc([C@H]6CCCN(C(=O)CN7Cc8cncnc8C7)C6)c5)CC4)CC3)CC2)c1)c1ccccc1C(N)=O. The van der Waals surface area contributed by atoms with E-state index in [-0.39, 0.29) is 46.9 Å². The molecule has 1 atom stereocenters. The molecule has 6 heterocycles. The van der Waals surface area contributed by atoms with Gasteiger partial charge in [0.1, 0.15) is 12.1 Å². The Kier molecular flexibility index (Phi) is 18.0. The van der Waals surface area contributed by atoms with Crippen LogP contribution in [0.1, 0.15) is 90.6 Å². The number of nitrogens with two attached hydrogens (primary N) is 1. The van der Waals surface area contributed by atoms with Gasteiger partial charge in [0.2, 0.25) is 17.7 Å². The highest BCUT2D eigenvalue weighted by Crippen LogP contribution is 2.29. The third-order valence-corrected chi connectivity index (χ3v) is 15.6. The summed E-state index contributed by atoms with van der Waals surface area (Å²) < 4.78 is 21.0. The maximum atomic E-state index is 15.0. The van der Waals surface area contributed by atoms with Crippen LogP contribution in [0.15, 0.2) is 79.3 Å². The Morgan fingerprint density at radius 3 is 2.23 bits per heavy atom. The van der Waals surface area contributed by atoms with E-state index < -0.39 is 17.6 Å². The van der Waals surface area contributed by atoms with Crippen LogP contribution in [0, 0.1) is 17.1 Å². The van der Waals surface area contributed by atoms with Gasteiger partial charge in [0.05, 0.1) is 37.6 Å². The first kappa shape index (κ1) is 53.3. The first-order valence-electron chi connectivity index (χ1n) is 26.7. The summed E-state index contributed by atoms with van der Waals surface area (Å²) in [4.78, 5) is 88.4. The molecule has 0 aliphatic carbocycles. The van der Waals surface area contributed by atoms with Crippen LogP contribution >= 0.6 is 0 Å². The Bertz CT molecular complexity index is 2660. The Labute approximate surface area is 438 Å². The number of piperazine rings is 2. The van der Waals surface area contributed by atoms with Crippen molar-refractivity contribution in [2.24, 2.45) is 11.7 Å². The number of nitrogens with zero attached hydrogens (tertiary/aromatic N) is 9. The highest BCUT2D eigenvalue weighted by Gasteiger charge is 2.31. The minimum Gasteiger partial charge on any atom is -0.378 e. The molecule has 19 heteroatoms. The monoisotopic (exact) mass is 1030 g/mol. The van der Waals surface area contributed by atoms with Crippen molar-refractivity contribution in [1.82, 2.24) is 49.6 Å². The number of hydrogen-bond acceptors (Lipinski definition) is 13. The second kappa shape index (κ2) is 25.3. The van der Waals surface area contributed by atoms with Crippen molar-refractivity contribution in [2.45, 2.75) is 51.1 Å². The second-order valence-corrected chi connectivity index (χ2v) is 20.7. The first-order chi connectivity index (χ1) is 36.4. The topological polar surface area (TPSA) is 205 Å². The lowest BCUT2D eigenvalue weighted by Crippen LogP contribution is -2.55. The Morgan fingerprint density at radius 2 is 1.45 bits per heavy atom. The number of benzene rings is 3. The van der Waals surface area contributed by atoms with Gasteiger partial charge in [-0.15, -0.1) is 0 Å². The van der Waals surface area contributed by atoms with Gasteiger partial charge < -0.3 is 45.7 Å². The van der Waals surface area contributed by atoms with Gasteiger partial charge in [0.25, 0.3) is 11.8 Å². The lowest BCUT2D eigenvalue weighted by atomic mass is 9.89. The number of fused-ring (bicyclic) bond motifs is 1. The number of nitrogens with one attached hydrogen (secondary N) is 2. The number of rotatable bonds is 19. The molecular formula is C56H71FN12O6. The van der Waals surface area contributed by atoms with Crippen molar-refractivity contribution in [2.75, 3.05) is 124 Å². The fourth-order valence-electron chi connectivity index (χ4n) is 11.2. The minimum atomic E-state index is -0.648. The van der Waals surface area contributed by atoms with Crippen molar-refractivity contribution in [3.8, 4) is 0 Å². The molecule has 75 heavy (non-hydrogen) atoms. The van der Waals surface area contributed by atoms with E-state index in [9.17, 15) is 24.0 Å². The van der Waals surface area contributed by atoms with Crippen LogP contribution in [0.5, 0.6) is 0 Å². The van der Waals surface area contributed by atoms with Crippen LogP contribution in [-0.4, -0.2) is 204 Å². The van der Waals surface area contributed by atoms with Crippen LogP contribution in [-0.2, 0) is 33.8 Å². The van der Waals surface area contributed by atoms with Gasteiger partial charge in [-0.25, -0.2) is 14.4 Å². The fourth-order valence-corrected chi connectivity index (χ4v) is 11.2. The smallest absolute Gasteiger partial charge is 0.256 e. The van der Waals surface area contributed by atoms with Gasteiger partial charge in [0, 0.05) is 145 Å². The fraction of sp³-hybridized carbons (Fsp3) is 0.500. The zero-order valence-corrected chi connectivity index (χ0v) is 43.0. The molecular weight excluding hydrogens is 956 g/mol. The number of ether oxygens (including phenoxy) is 1. The van der Waals surface area contributed by atoms with E-state index in [1.807, 2.05) is 29.3 Å². The highest BCUT2D eigenvalue weighted by atomic mass is 19.1. The van der Waals surface area contributed by atoms with Crippen LogP contribution in [0.2, 0.25) is 0 Å². The summed E-state index contributed by atoms with van der Waals surface area (Å²) in [5.41, 5.74) is 10.5. The molecule has 5 amide bonds. The number of halogens is 1. The van der Waals surface area contributed by atoms with E-state index in [0.29, 0.717) is 101 Å². The summed E-state index contributed by atoms with van der Waals surface area (Å²) in [7, 11) is 0. The molecule has 18 nitrogen and oxygen atoms in total. The predicted molar refractivity (Wildman–Crippen MR) is 281 cm³/mol. The molecule has 1 aromatic heterocycles. The number of aromatic nitrogens is 2. The predicted octanol–water partition coefficient (Wildman–Crippen LogP) is 3.11. The van der Waals surface area contributed by atoms with E-state index in [4.69, 9.17) is 15.9 Å². The molecule has 4 fully saturated rings. The normalized spacial score (nSPS) is 19.2. The van der Waals surface area contributed by atoms with E-state index in [2.05, 4.69) is 41.0 Å². The van der Waals surface area contributed by atoms with Gasteiger partial charge in [-0.05, 0) is 86.1 Å². The number of primary amides is 1. The van der Waals surface area contributed by atoms with Crippen molar-refractivity contribution in [3.05, 3.63) is 130 Å². The molecule has 0 unspecified atom stereocenters. The highest BCUT2D eigenvalue weighted by molar-refractivity contribution is 6.09. The Morgan fingerprint density at radius 1 is 0.720 bits per heavy atom. The van der Waals surface area contributed by atoms with Gasteiger partial charge in [0.15, 0.2) is 0 Å². The number of hydrogen-bond donors (Lipinski definition) is 3. The zero-order valence-electron chi connectivity index (χ0n) is 43.0. The van der Waals surface area contributed by atoms with Gasteiger partial charge in [-0.3, -0.25) is 33.8 Å². The molecule has 0 bridgehead atoms. The number of amides is 5. The average molecular weight is 1030 g/mol. The maximum Gasteiger partial charge on any atom is 0.256 e. The summed E-state index contributed by atoms with van der Waals surface area (Å²) in [6.45, 7) is 13.8. The summed E-state index contributed by atoms with van der Waals surface area (Å²) in [5, 5.41) is 11.6.